The van der Waals surface area contributed by atoms with Gasteiger partial charge in [-0.2, -0.15) is 5.10 Å². The van der Waals surface area contributed by atoms with Crippen molar-refractivity contribution in [1.82, 2.24) is 19.9 Å². The third kappa shape index (κ3) is 2.59. The van der Waals surface area contributed by atoms with Crippen LogP contribution in [0, 0.1) is 0 Å². The number of carboxylic acid groups (broad SMARTS) is 1. The topological polar surface area (TPSA) is 79.5 Å². The molecule has 0 aromatic carbocycles. The van der Waals surface area contributed by atoms with E-state index in [1.165, 1.54) is 10.6 Å². The molecule has 2 heterocycles. The highest BCUT2D eigenvalue weighted by Gasteiger charge is 2.09. The van der Waals surface area contributed by atoms with Gasteiger partial charge in [0.1, 0.15) is 0 Å². The summed E-state index contributed by atoms with van der Waals surface area (Å²) in [5, 5.41) is 16.0. The molecule has 2 rings (SSSR count). The smallest absolute Gasteiger partial charge is 0.356 e. The molecule has 0 radical (unpaired) electrons. The van der Waals surface area contributed by atoms with Crippen molar-refractivity contribution in [3.63, 3.8) is 0 Å². The van der Waals surface area contributed by atoms with Crippen LogP contribution in [0.2, 0.25) is 0 Å². The lowest BCUT2D eigenvalue weighted by molar-refractivity contribution is 0.0690. The lowest BCUT2D eigenvalue weighted by Gasteiger charge is -2.07. The summed E-state index contributed by atoms with van der Waals surface area (Å²) < 4.78 is 1.49. The summed E-state index contributed by atoms with van der Waals surface area (Å²) in [6, 6.07) is 1.83. The summed E-state index contributed by atoms with van der Waals surface area (Å²) >= 11 is 0. The van der Waals surface area contributed by atoms with Crippen molar-refractivity contribution >= 4 is 11.6 Å². The summed E-state index contributed by atoms with van der Waals surface area (Å²) in [5.41, 5.74) is 1.51. The monoisotopic (exact) mass is 234 g/mol. The number of carboxylic acids is 1. The van der Waals surface area contributed by atoms with Gasteiger partial charge in [-0.15, -0.1) is 0 Å². The lowest BCUT2D eigenvalue weighted by atomic mass is 10.3. The van der Waals surface area contributed by atoms with E-state index in [1.54, 1.807) is 12.4 Å². The zero-order valence-corrected chi connectivity index (χ0v) is 9.71. The largest absolute Gasteiger partial charge is 0.476 e. The predicted octanol–water partition coefficient (Wildman–Crippen LogP) is 0.925. The second-order valence-electron chi connectivity index (χ2n) is 4.14. The zero-order chi connectivity index (χ0) is 12.4. The van der Waals surface area contributed by atoms with Crippen LogP contribution in [0.3, 0.4) is 0 Å². The molecule has 0 amide bonds. The van der Waals surface area contributed by atoms with Crippen molar-refractivity contribution < 1.29 is 9.90 Å². The molecule has 0 spiro atoms. The van der Waals surface area contributed by atoms with Gasteiger partial charge >= 0.3 is 5.97 Å². The van der Waals surface area contributed by atoms with Gasteiger partial charge in [-0.1, -0.05) is 13.8 Å². The quantitative estimate of drug-likeness (QED) is 0.822. The number of aromatic carboxylic acids is 1. The van der Waals surface area contributed by atoms with Gasteiger partial charge in [-0.3, -0.25) is 0 Å². The minimum Gasteiger partial charge on any atom is -0.476 e. The van der Waals surface area contributed by atoms with Crippen molar-refractivity contribution in [2.75, 3.05) is 0 Å². The van der Waals surface area contributed by atoms with E-state index in [2.05, 4.69) is 29.2 Å². The summed E-state index contributed by atoms with van der Waals surface area (Å²) in [4.78, 5) is 14.9. The number of hydrogen-bond acceptors (Lipinski definition) is 4. The Morgan fingerprint density at radius 2 is 2.35 bits per heavy atom. The van der Waals surface area contributed by atoms with Gasteiger partial charge < -0.3 is 10.4 Å². The fourth-order valence-corrected chi connectivity index (χ4v) is 1.43. The zero-order valence-electron chi connectivity index (χ0n) is 9.71. The Morgan fingerprint density at radius 1 is 1.59 bits per heavy atom. The van der Waals surface area contributed by atoms with Crippen LogP contribution in [0.5, 0.6) is 0 Å². The minimum atomic E-state index is -1.04. The predicted molar refractivity (Wildman–Crippen MR) is 61.9 cm³/mol. The van der Waals surface area contributed by atoms with Crippen molar-refractivity contribution in [3.05, 3.63) is 29.7 Å². The van der Waals surface area contributed by atoms with Crippen LogP contribution < -0.4 is 5.32 Å². The van der Waals surface area contributed by atoms with E-state index in [-0.39, 0.29) is 5.69 Å². The summed E-state index contributed by atoms with van der Waals surface area (Å²) in [7, 11) is 0. The van der Waals surface area contributed by atoms with E-state index in [0.717, 1.165) is 5.56 Å². The molecule has 0 atom stereocenters. The van der Waals surface area contributed by atoms with E-state index in [9.17, 15) is 4.79 Å². The molecule has 0 aliphatic rings. The van der Waals surface area contributed by atoms with Crippen molar-refractivity contribution in [2.24, 2.45) is 0 Å². The van der Waals surface area contributed by atoms with Crippen LogP contribution in [-0.4, -0.2) is 31.7 Å². The minimum absolute atomic E-state index is 0.00599. The molecule has 2 aromatic rings. The first-order valence-electron chi connectivity index (χ1n) is 5.37. The van der Waals surface area contributed by atoms with Crippen LogP contribution in [0.15, 0.2) is 18.5 Å². The Bertz CT molecular complexity index is 547. The number of nitrogens with one attached hydrogen (secondary N) is 1. The summed E-state index contributed by atoms with van der Waals surface area (Å²) in [6.45, 7) is 4.80. The van der Waals surface area contributed by atoms with E-state index in [1.807, 2.05) is 0 Å². The number of rotatable bonds is 4. The molecule has 0 aliphatic heterocycles. The van der Waals surface area contributed by atoms with Gasteiger partial charge in [0.2, 0.25) is 0 Å². The Hall–Kier alpha value is -1.95. The van der Waals surface area contributed by atoms with E-state index < -0.39 is 5.97 Å². The van der Waals surface area contributed by atoms with Crippen LogP contribution in [-0.2, 0) is 6.54 Å². The van der Waals surface area contributed by atoms with Crippen LogP contribution in [0.1, 0.15) is 29.9 Å². The Kier molecular flexibility index (Phi) is 3.06. The van der Waals surface area contributed by atoms with Crippen LogP contribution in [0.25, 0.3) is 5.65 Å². The Balaban J connectivity index is 2.27. The molecule has 2 N–H and O–H groups in total. The molecule has 6 heteroatoms. The summed E-state index contributed by atoms with van der Waals surface area (Å²) in [5.74, 6) is -1.04. The number of hydrogen-bond donors (Lipinski definition) is 2. The molecule has 0 saturated carbocycles. The summed E-state index contributed by atoms with van der Waals surface area (Å²) in [6.07, 6.45) is 3.50. The van der Waals surface area contributed by atoms with E-state index in [4.69, 9.17) is 5.11 Å². The maximum atomic E-state index is 10.8. The average molecular weight is 234 g/mol. The first-order chi connectivity index (χ1) is 8.06. The molecule has 6 nitrogen and oxygen atoms in total. The normalized spacial score (nSPS) is 11.2. The highest BCUT2D eigenvalue weighted by atomic mass is 16.4. The molecule has 0 bridgehead atoms. The first kappa shape index (κ1) is 11.5. The van der Waals surface area contributed by atoms with E-state index in [0.29, 0.717) is 18.2 Å². The highest BCUT2D eigenvalue weighted by Crippen LogP contribution is 2.05. The van der Waals surface area contributed by atoms with Crippen molar-refractivity contribution in [3.8, 4) is 0 Å². The SMILES string of the molecule is CC(C)NCc1cnc2cc(C(=O)O)nn2c1. The first-order valence-corrected chi connectivity index (χ1v) is 5.37. The van der Waals surface area contributed by atoms with Crippen LogP contribution in [0.4, 0.5) is 0 Å². The lowest BCUT2D eigenvalue weighted by Crippen LogP contribution is -2.22. The van der Waals surface area contributed by atoms with Gasteiger partial charge in [0.15, 0.2) is 11.3 Å². The van der Waals surface area contributed by atoms with Gasteiger partial charge in [-0.05, 0) is 0 Å². The molecule has 0 aliphatic carbocycles. The maximum absolute atomic E-state index is 10.8. The van der Waals surface area contributed by atoms with Crippen molar-refractivity contribution in [1.29, 1.82) is 0 Å². The highest BCUT2D eigenvalue weighted by molar-refractivity contribution is 5.86. The van der Waals surface area contributed by atoms with Gasteiger partial charge in [0.05, 0.1) is 0 Å². The third-order valence-electron chi connectivity index (χ3n) is 2.30. The standard InChI is InChI=1S/C11H14N4O2/c1-7(2)12-4-8-5-13-10-3-9(11(16)17)14-15(10)6-8/h3,5-7,12H,4H2,1-2H3,(H,16,17). The molecule has 2 aromatic heterocycles. The second kappa shape index (κ2) is 4.50. The molecule has 0 saturated heterocycles. The fraction of sp³-hybridized carbons (Fsp3) is 0.364. The molecule has 0 unspecified atom stereocenters. The van der Waals surface area contributed by atoms with Gasteiger partial charge in [-0.25, -0.2) is 14.3 Å². The maximum Gasteiger partial charge on any atom is 0.356 e. The fourth-order valence-electron chi connectivity index (χ4n) is 1.43. The van der Waals surface area contributed by atoms with Crippen LogP contribution >= 0.6 is 0 Å². The van der Waals surface area contributed by atoms with Crippen molar-refractivity contribution in [2.45, 2.75) is 26.4 Å². The molecule has 90 valence electrons. The number of nitrogens with zero attached hydrogens (tertiary/aromatic N) is 3. The number of carbonyl (C=O) groups is 1. The van der Waals surface area contributed by atoms with Gasteiger partial charge in [0, 0.05) is 36.6 Å². The second-order valence-corrected chi connectivity index (χ2v) is 4.14. The van der Waals surface area contributed by atoms with Gasteiger partial charge in [0.25, 0.3) is 0 Å². The molecular formula is C11H14N4O2. The average Bonchev–Trinajstić information content (AvgIpc) is 2.69. The molecular weight excluding hydrogens is 220 g/mol. The molecule has 0 fully saturated rings. The Labute approximate surface area is 98.3 Å². The molecule has 17 heavy (non-hydrogen) atoms. The number of fused-ring (bicyclic) bond motifs is 1. The third-order valence-corrected chi connectivity index (χ3v) is 2.30. The van der Waals surface area contributed by atoms with E-state index >= 15 is 0 Å². The Morgan fingerprint density at radius 3 is 3.00 bits per heavy atom. The number of aromatic nitrogens is 3.